The van der Waals surface area contributed by atoms with Crippen LogP contribution < -0.4 is 9.84 Å². The van der Waals surface area contributed by atoms with E-state index >= 15 is 0 Å². The predicted molar refractivity (Wildman–Crippen MR) is 152 cm³/mol. The van der Waals surface area contributed by atoms with Gasteiger partial charge in [0.2, 0.25) is 0 Å². The number of benzene rings is 2. The first kappa shape index (κ1) is 32.8. The van der Waals surface area contributed by atoms with Crippen LogP contribution in [0.25, 0.3) is 0 Å². The topological polar surface area (TPSA) is 97.9 Å². The number of carboxylic acid groups (broad SMARTS) is 1. The summed E-state index contributed by atoms with van der Waals surface area (Å²) in [7, 11) is 0. The number of azo groups is 1. The van der Waals surface area contributed by atoms with E-state index in [9.17, 15) is 9.90 Å². The lowest BCUT2D eigenvalue weighted by molar-refractivity contribution is -0.929. The Morgan fingerprint density at radius 1 is 0.763 bits per heavy atom. The van der Waals surface area contributed by atoms with Crippen molar-refractivity contribution in [3.63, 3.8) is 0 Å². The number of nitrogens with zero attached hydrogens (tertiary/aromatic N) is 4. The number of quaternary nitrogens is 1. The summed E-state index contributed by atoms with van der Waals surface area (Å²) in [5, 5.41) is 27.0. The first-order valence-electron chi connectivity index (χ1n) is 14.1. The number of hydrogen-bond donors (Lipinski definition) is 0. The van der Waals surface area contributed by atoms with Crippen molar-refractivity contribution in [1.29, 1.82) is 5.26 Å². The number of rotatable bonds is 17. The summed E-state index contributed by atoms with van der Waals surface area (Å²) in [6.45, 7) is 14.5. The van der Waals surface area contributed by atoms with Gasteiger partial charge in [-0.25, -0.2) is 0 Å². The van der Waals surface area contributed by atoms with Gasteiger partial charge in [0, 0.05) is 0 Å². The predicted octanol–water partition coefficient (Wildman–Crippen LogP) is 7.11. The minimum Gasteiger partial charge on any atom is -0.546 e. The molecule has 0 N–H and O–H groups in total. The lowest BCUT2D eigenvalue weighted by atomic mass is 10.1. The maximum absolute atomic E-state index is 10.3. The molecule has 0 aliphatic rings. The number of aliphatic carboxylic acids is 1. The van der Waals surface area contributed by atoms with E-state index in [-0.39, 0.29) is 0 Å². The third kappa shape index (κ3) is 13.9. The maximum Gasteiger partial charge on any atom is 0.128 e. The molecule has 0 saturated carbocycles. The molecule has 208 valence electrons. The molecule has 0 spiro atoms. The van der Waals surface area contributed by atoms with Crippen molar-refractivity contribution in [3.8, 4) is 11.8 Å². The van der Waals surface area contributed by atoms with Gasteiger partial charge in [-0.3, -0.25) is 0 Å². The third-order valence-corrected chi connectivity index (χ3v) is 6.41. The van der Waals surface area contributed by atoms with Crippen molar-refractivity contribution in [3.05, 3.63) is 54.1 Å². The first-order valence-corrected chi connectivity index (χ1v) is 14.1. The summed E-state index contributed by atoms with van der Waals surface area (Å²) in [5.74, 6) is -0.865. The van der Waals surface area contributed by atoms with E-state index in [1.54, 1.807) is 48.5 Å². The largest absolute Gasteiger partial charge is 0.546 e. The standard InChI is InChI=1S/C16H36N.C15H11N3O3/c1-5-9-13-17(14-10-6-2,15-11-7-3)16-12-8-4;16-9-11-1-3-12(4-2-11)17-18-13-5-7-14(8-6-13)21-10-15(19)20/h5-16H2,1-4H3;1-8H,10H2,(H,19,20)/q+1;/p-1. The Morgan fingerprint density at radius 2 is 1.16 bits per heavy atom. The van der Waals surface area contributed by atoms with Crippen LogP contribution in [0.2, 0.25) is 0 Å². The second kappa shape index (κ2) is 19.8. The number of carbonyl (C=O) groups is 1. The molecule has 0 atom stereocenters. The van der Waals surface area contributed by atoms with Crippen LogP contribution in [0, 0.1) is 11.3 Å². The zero-order valence-electron chi connectivity index (χ0n) is 23.8. The Labute approximate surface area is 229 Å². The molecule has 0 aromatic heterocycles. The molecule has 38 heavy (non-hydrogen) atoms. The van der Waals surface area contributed by atoms with Gasteiger partial charge in [-0.2, -0.15) is 15.5 Å². The average molecular weight is 523 g/mol. The van der Waals surface area contributed by atoms with Gasteiger partial charge in [-0.05, 0) is 74.2 Å². The van der Waals surface area contributed by atoms with Crippen molar-refractivity contribution >= 4 is 17.3 Å². The van der Waals surface area contributed by atoms with Gasteiger partial charge in [-0.15, -0.1) is 0 Å². The summed E-state index contributed by atoms with van der Waals surface area (Å²) < 4.78 is 6.37. The SMILES string of the molecule is CCCC[N+](CCCC)(CCCC)CCCC.N#Cc1ccc(N=Nc2ccc(OCC(=O)[O-])cc2)cc1. The van der Waals surface area contributed by atoms with Gasteiger partial charge in [0.25, 0.3) is 0 Å². The molecule has 0 unspecified atom stereocenters. The lowest BCUT2D eigenvalue weighted by Crippen LogP contribution is -2.50. The molecular weight excluding hydrogens is 476 g/mol. The van der Waals surface area contributed by atoms with Crippen molar-refractivity contribution < 1.29 is 19.1 Å². The molecule has 2 rings (SSSR count). The molecule has 0 amide bonds. The van der Waals surface area contributed by atoms with Gasteiger partial charge in [-0.1, -0.05) is 53.4 Å². The fourth-order valence-corrected chi connectivity index (χ4v) is 4.11. The highest BCUT2D eigenvalue weighted by molar-refractivity contribution is 5.66. The Balaban J connectivity index is 0.000000391. The molecule has 0 aliphatic heterocycles. The Bertz CT molecular complexity index is 929. The molecule has 0 bridgehead atoms. The number of carbonyl (C=O) groups excluding carboxylic acids is 1. The Morgan fingerprint density at radius 3 is 1.50 bits per heavy atom. The summed E-state index contributed by atoms with van der Waals surface area (Å²) in [4.78, 5) is 10.3. The van der Waals surface area contributed by atoms with E-state index in [2.05, 4.69) is 37.9 Å². The van der Waals surface area contributed by atoms with E-state index in [1.807, 2.05) is 6.07 Å². The minimum atomic E-state index is -1.28. The highest BCUT2D eigenvalue weighted by Crippen LogP contribution is 2.21. The van der Waals surface area contributed by atoms with Crippen LogP contribution in [-0.4, -0.2) is 43.2 Å². The molecule has 0 fully saturated rings. The van der Waals surface area contributed by atoms with Crippen LogP contribution in [0.1, 0.15) is 84.6 Å². The van der Waals surface area contributed by atoms with Crippen LogP contribution in [0.5, 0.6) is 5.75 Å². The lowest BCUT2D eigenvalue weighted by Gasteiger charge is -2.39. The summed E-state index contributed by atoms with van der Waals surface area (Å²) in [6.07, 6.45) is 11.1. The zero-order valence-corrected chi connectivity index (χ0v) is 23.8. The molecule has 0 heterocycles. The summed E-state index contributed by atoms with van der Waals surface area (Å²) in [6, 6.07) is 15.2. The summed E-state index contributed by atoms with van der Waals surface area (Å²) >= 11 is 0. The van der Waals surface area contributed by atoms with Gasteiger partial charge < -0.3 is 19.1 Å². The van der Waals surface area contributed by atoms with E-state index in [0.29, 0.717) is 22.7 Å². The van der Waals surface area contributed by atoms with Crippen molar-refractivity contribution in [2.75, 3.05) is 32.8 Å². The molecule has 2 aromatic carbocycles. The number of ether oxygens (including phenoxy) is 1. The second-order valence-corrected chi connectivity index (χ2v) is 9.66. The van der Waals surface area contributed by atoms with Gasteiger partial charge in [0.1, 0.15) is 12.4 Å². The molecule has 0 aliphatic carbocycles. The van der Waals surface area contributed by atoms with Crippen LogP contribution in [0.15, 0.2) is 58.8 Å². The maximum atomic E-state index is 10.3. The van der Waals surface area contributed by atoms with Crippen LogP contribution in [0.4, 0.5) is 11.4 Å². The van der Waals surface area contributed by atoms with Crippen molar-refractivity contribution in [2.24, 2.45) is 10.2 Å². The fourth-order valence-electron chi connectivity index (χ4n) is 4.11. The van der Waals surface area contributed by atoms with Crippen molar-refractivity contribution in [2.45, 2.75) is 79.1 Å². The highest BCUT2D eigenvalue weighted by Gasteiger charge is 2.24. The number of carboxylic acids is 1. The molecule has 2 aromatic rings. The minimum absolute atomic E-state index is 0.413. The Kier molecular flexibility index (Phi) is 17.1. The van der Waals surface area contributed by atoms with Crippen LogP contribution in [-0.2, 0) is 4.79 Å². The smallest absolute Gasteiger partial charge is 0.128 e. The van der Waals surface area contributed by atoms with Crippen LogP contribution in [0.3, 0.4) is 0 Å². The molecule has 0 radical (unpaired) electrons. The van der Waals surface area contributed by atoms with E-state index in [4.69, 9.17) is 10.00 Å². The van der Waals surface area contributed by atoms with E-state index < -0.39 is 12.6 Å². The normalized spacial score (nSPS) is 11.0. The van der Waals surface area contributed by atoms with Crippen molar-refractivity contribution in [1.82, 2.24) is 0 Å². The second-order valence-electron chi connectivity index (χ2n) is 9.66. The molecule has 7 heteroatoms. The third-order valence-electron chi connectivity index (χ3n) is 6.41. The Hall–Kier alpha value is -3.24. The quantitative estimate of drug-likeness (QED) is 0.163. The van der Waals surface area contributed by atoms with E-state index in [0.717, 1.165) is 0 Å². The number of nitriles is 1. The van der Waals surface area contributed by atoms with Gasteiger partial charge >= 0.3 is 0 Å². The van der Waals surface area contributed by atoms with Gasteiger partial charge in [0.05, 0.1) is 55.2 Å². The van der Waals surface area contributed by atoms with Crippen LogP contribution >= 0.6 is 0 Å². The average Bonchev–Trinajstić information content (AvgIpc) is 2.95. The van der Waals surface area contributed by atoms with Gasteiger partial charge in [0.15, 0.2) is 0 Å². The fraction of sp³-hybridized carbons (Fsp3) is 0.548. The molecular formula is C31H46N4O3. The van der Waals surface area contributed by atoms with E-state index in [1.165, 1.54) is 82.0 Å². The number of hydrogen-bond acceptors (Lipinski definition) is 6. The zero-order chi connectivity index (χ0) is 28.1. The monoisotopic (exact) mass is 522 g/mol. The molecule has 0 saturated heterocycles. The summed E-state index contributed by atoms with van der Waals surface area (Å²) in [5.41, 5.74) is 1.79. The molecule has 7 nitrogen and oxygen atoms in total. The number of unbranched alkanes of at least 4 members (excludes halogenated alkanes) is 4. The first-order chi connectivity index (χ1) is 18.4. The highest BCUT2D eigenvalue weighted by atomic mass is 16.5.